The average Bonchev–Trinajstić information content (AvgIpc) is 2.96. The molecule has 21 heavy (non-hydrogen) atoms. The van der Waals surface area contributed by atoms with Crippen LogP contribution in [-0.4, -0.2) is 19.0 Å². The zero-order chi connectivity index (χ0) is 15.2. The molecule has 4 heteroatoms. The number of benzene rings is 1. The van der Waals surface area contributed by atoms with Crippen molar-refractivity contribution in [1.82, 2.24) is 10.6 Å². The Morgan fingerprint density at radius 2 is 2.19 bits per heavy atom. The Morgan fingerprint density at radius 3 is 2.81 bits per heavy atom. The van der Waals surface area contributed by atoms with Gasteiger partial charge in [-0.15, -0.1) is 0 Å². The Labute approximate surface area is 132 Å². The van der Waals surface area contributed by atoms with E-state index in [4.69, 9.17) is 11.6 Å². The first kappa shape index (κ1) is 16.3. The summed E-state index contributed by atoms with van der Waals surface area (Å²) in [5, 5.41) is 7.21. The SMILES string of the molecule is CC(C)C(NC(=O)CCC1CCNC1)c1ccccc1Cl. The summed E-state index contributed by atoms with van der Waals surface area (Å²) >= 11 is 6.27. The van der Waals surface area contributed by atoms with Crippen molar-refractivity contribution in [2.75, 3.05) is 13.1 Å². The zero-order valence-corrected chi connectivity index (χ0v) is 13.6. The third-order valence-corrected chi connectivity index (χ3v) is 4.51. The maximum atomic E-state index is 12.2. The normalized spacial score (nSPS) is 19.7. The molecule has 1 fully saturated rings. The van der Waals surface area contributed by atoms with Crippen LogP contribution in [0.3, 0.4) is 0 Å². The topological polar surface area (TPSA) is 41.1 Å². The molecule has 2 rings (SSSR count). The number of rotatable bonds is 6. The molecule has 1 aromatic carbocycles. The fraction of sp³-hybridized carbons (Fsp3) is 0.588. The van der Waals surface area contributed by atoms with Gasteiger partial charge in [0.1, 0.15) is 0 Å². The molecule has 0 spiro atoms. The van der Waals surface area contributed by atoms with E-state index in [0.29, 0.717) is 18.3 Å². The van der Waals surface area contributed by atoms with Crippen LogP contribution in [0.2, 0.25) is 5.02 Å². The highest BCUT2D eigenvalue weighted by Gasteiger charge is 2.21. The van der Waals surface area contributed by atoms with Gasteiger partial charge in [-0.25, -0.2) is 0 Å². The van der Waals surface area contributed by atoms with Gasteiger partial charge < -0.3 is 10.6 Å². The van der Waals surface area contributed by atoms with Crippen molar-refractivity contribution >= 4 is 17.5 Å². The zero-order valence-electron chi connectivity index (χ0n) is 12.9. The number of amides is 1. The van der Waals surface area contributed by atoms with E-state index in [0.717, 1.165) is 30.1 Å². The van der Waals surface area contributed by atoms with E-state index in [1.165, 1.54) is 6.42 Å². The Bertz CT molecular complexity index is 470. The Hall–Kier alpha value is -1.06. The summed E-state index contributed by atoms with van der Waals surface area (Å²) < 4.78 is 0. The molecule has 1 aliphatic heterocycles. The van der Waals surface area contributed by atoms with E-state index < -0.39 is 0 Å². The van der Waals surface area contributed by atoms with Gasteiger partial charge in [0.05, 0.1) is 6.04 Å². The van der Waals surface area contributed by atoms with Crippen molar-refractivity contribution in [3.63, 3.8) is 0 Å². The highest BCUT2D eigenvalue weighted by molar-refractivity contribution is 6.31. The molecule has 0 bridgehead atoms. The molecular weight excluding hydrogens is 284 g/mol. The highest BCUT2D eigenvalue weighted by atomic mass is 35.5. The molecule has 1 amide bonds. The highest BCUT2D eigenvalue weighted by Crippen LogP contribution is 2.28. The molecule has 2 atom stereocenters. The second-order valence-corrected chi connectivity index (χ2v) is 6.62. The number of halogens is 1. The van der Waals surface area contributed by atoms with E-state index >= 15 is 0 Å². The van der Waals surface area contributed by atoms with Gasteiger partial charge in [0.25, 0.3) is 0 Å². The van der Waals surface area contributed by atoms with Gasteiger partial charge in [0.15, 0.2) is 0 Å². The van der Waals surface area contributed by atoms with Crippen molar-refractivity contribution in [3.05, 3.63) is 34.9 Å². The van der Waals surface area contributed by atoms with E-state index in [1.807, 2.05) is 24.3 Å². The second-order valence-electron chi connectivity index (χ2n) is 6.21. The van der Waals surface area contributed by atoms with Crippen molar-refractivity contribution in [2.45, 2.75) is 39.2 Å². The molecule has 0 aliphatic carbocycles. The van der Waals surface area contributed by atoms with Gasteiger partial charge in [-0.05, 0) is 49.4 Å². The minimum atomic E-state index is -0.0205. The maximum Gasteiger partial charge on any atom is 0.220 e. The molecule has 1 heterocycles. The number of hydrogen-bond acceptors (Lipinski definition) is 2. The van der Waals surface area contributed by atoms with Crippen molar-refractivity contribution in [2.24, 2.45) is 11.8 Å². The Kier molecular flexibility index (Phi) is 6.07. The van der Waals surface area contributed by atoms with Crippen LogP contribution >= 0.6 is 11.6 Å². The summed E-state index contributed by atoms with van der Waals surface area (Å²) in [5.74, 6) is 1.08. The molecule has 3 nitrogen and oxygen atoms in total. The van der Waals surface area contributed by atoms with Gasteiger partial charge in [-0.1, -0.05) is 43.6 Å². The van der Waals surface area contributed by atoms with Crippen LogP contribution in [0.1, 0.15) is 44.7 Å². The quantitative estimate of drug-likeness (QED) is 0.844. The summed E-state index contributed by atoms with van der Waals surface area (Å²) in [7, 11) is 0. The molecule has 0 radical (unpaired) electrons. The summed E-state index contributed by atoms with van der Waals surface area (Å²) in [4.78, 5) is 12.2. The monoisotopic (exact) mass is 308 g/mol. The van der Waals surface area contributed by atoms with Crippen LogP contribution in [0.15, 0.2) is 24.3 Å². The smallest absolute Gasteiger partial charge is 0.220 e. The number of nitrogens with one attached hydrogen (secondary N) is 2. The van der Waals surface area contributed by atoms with Crippen molar-refractivity contribution in [1.29, 1.82) is 0 Å². The molecule has 1 saturated heterocycles. The van der Waals surface area contributed by atoms with Gasteiger partial charge in [0, 0.05) is 11.4 Å². The maximum absolute atomic E-state index is 12.2. The molecule has 2 unspecified atom stereocenters. The number of hydrogen-bond donors (Lipinski definition) is 2. The van der Waals surface area contributed by atoms with Crippen LogP contribution in [0.5, 0.6) is 0 Å². The summed E-state index contributed by atoms with van der Waals surface area (Å²) in [6, 6.07) is 7.73. The van der Waals surface area contributed by atoms with Crippen LogP contribution in [0.4, 0.5) is 0 Å². The molecule has 1 aromatic rings. The van der Waals surface area contributed by atoms with E-state index in [1.54, 1.807) is 0 Å². The van der Waals surface area contributed by atoms with E-state index in [-0.39, 0.29) is 11.9 Å². The fourth-order valence-electron chi connectivity index (χ4n) is 2.87. The standard InChI is InChI=1S/C17H25ClN2O/c1-12(2)17(14-5-3-4-6-15(14)18)20-16(21)8-7-13-9-10-19-11-13/h3-6,12-13,17,19H,7-11H2,1-2H3,(H,20,21). The van der Waals surface area contributed by atoms with Gasteiger partial charge in [0.2, 0.25) is 5.91 Å². The van der Waals surface area contributed by atoms with Gasteiger partial charge in [-0.3, -0.25) is 4.79 Å². The number of carbonyl (C=O) groups excluding carboxylic acids is 1. The Morgan fingerprint density at radius 1 is 1.43 bits per heavy atom. The molecule has 1 aliphatic rings. The van der Waals surface area contributed by atoms with E-state index in [9.17, 15) is 4.79 Å². The fourth-order valence-corrected chi connectivity index (χ4v) is 3.13. The lowest BCUT2D eigenvalue weighted by atomic mass is 9.95. The lowest BCUT2D eigenvalue weighted by Gasteiger charge is -2.24. The lowest BCUT2D eigenvalue weighted by Crippen LogP contribution is -2.32. The van der Waals surface area contributed by atoms with Crippen LogP contribution in [0, 0.1) is 11.8 Å². The molecule has 2 N–H and O–H groups in total. The third-order valence-electron chi connectivity index (χ3n) is 4.17. The first-order chi connectivity index (χ1) is 10.1. The Balaban J connectivity index is 1.93. The predicted molar refractivity (Wildman–Crippen MR) is 87.4 cm³/mol. The largest absolute Gasteiger partial charge is 0.349 e. The van der Waals surface area contributed by atoms with Gasteiger partial charge >= 0.3 is 0 Å². The van der Waals surface area contributed by atoms with E-state index in [2.05, 4.69) is 24.5 Å². The summed E-state index contributed by atoms with van der Waals surface area (Å²) in [6.07, 6.45) is 2.75. The van der Waals surface area contributed by atoms with Crippen LogP contribution in [-0.2, 0) is 4.79 Å². The molecule has 116 valence electrons. The van der Waals surface area contributed by atoms with Crippen molar-refractivity contribution in [3.8, 4) is 0 Å². The predicted octanol–water partition coefficient (Wildman–Crippen LogP) is 3.54. The number of carbonyl (C=O) groups is 1. The lowest BCUT2D eigenvalue weighted by molar-refractivity contribution is -0.122. The first-order valence-electron chi connectivity index (χ1n) is 7.82. The van der Waals surface area contributed by atoms with Crippen molar-refractivity contribution < 1.29 is 4.79 Å². The first-order valence-corrected chi connectivity index (χ1v) is 8.20. The minimum absolute atomic E-state index is 0.0205. The summed E-state index contributed by atoms with van der Waals surface area (Å²) in [5.41, 5.74) is 1.00. The molecule has 0 aromatic heterocycles. The minimum Gasteiger partial charge on any atom is -0.349 e. The average molecular weight is 309 g/mol. The van der Waals surface area contributed by atoms with Crippen LogP contribution < -0.4 is 10.6 Å². The second kappa shape index (κ2) is 7.81. The molecular formula is C17H25ClN2O. The third kappa shape index (κ3) is 4.72. The van der Waals surface area contributed by atoms with Gasteiger partial charge in [-0.2, -0.15) is 0 Å². The molecule has 0 saturated carbocycles. The summed E-state index contributed by atoms with van der Waals surface area (Å²) in [6.45, 7) is 6.34. The van der Waals surface area contributed by atoms with Crippen LogP contribution in [0.25, 0.3) is 0 Å².